The van der Waals surface area contributed by atoms with Crippen LogP contribution < -0.4 is 10.2 Å². The van der Waals surface area contributed by atoms with E-state index in [2.05, 4.69) is 31.0 Å². The highest BCUT2D eigenvalue weighted by molar-refractivity contribution is 5.64. The summed E-state index contributed by atoms with van der Waals surface area (Å²) in [5, 5.41) is 3.50. The lowest BCUT2D eigenvalue weighted by atomic mass is 9.76. The fourth-order valence-electron chi connectivity index (χ4n) is 3.57. The van der Waals surface area contributed by atoms with Gasteiger partial charge in [-0.2, -0.15) is 0 Å². The first-order chi connectivity index (χ1) is 8.92. The zero-order valence-corrected chi connectivity index (χ0v) is 12.1. The molecule has 2 nitrogen and oxygen atoms in total. The Kier molecular flexibility index (Phi) is 2.86. The molecule has 1 atom stereocenters. The molecule has 1 aromatic carbocycles. The van der Waals surface area contributed by atoms with Crippen molar-refractivity contribution in [2.75, 3.05) is 24.5 Å². The first kappa shape index (κ1) is 12.9. The molecular formula is C16H23FN2. The molecule has 1 fully saturated rings. The van der Waals surface area contributed by atoms with E-state index in [0.717, 1.165) is 26.1 Å². The Hall–Kier alpha value is -1.09. The van der Waals surface area contributed by atoms with Gasteiger partial charge < -0.3 is 10.2 Å². The second kappa shape index (κ2) is 4.20. The first-order valence-electron chi connectivity index (χ1n) is 7.21. The lowest BCUT2D eigenvalue weighted by molar-refractivity contribution is 0.316. The van der Waals surface area contributed by atoms with Crippen LogP contribution in [0.4, 0.5) is 10.1 Å². The Morgan fingerprint density at radius 3 is 2.74 bits per heavy atom. The number of rotatable bonds is 0. The van der Waals surface area contributed by atoms with Gasteiger partial charge in [-0.25, -0.2) is 4.39 Å². The van der Waals surface area contributed by atoms with Gasteiger partial charge in [-0.1, -0.05) is 0 Å². The molecule has 1 spiro atoms. The molecule has 0 radical (unpaired) electrons. The normalized spacial score (nSPS) is 26.8. The van der Waals surface area contributed by atoms with Crippen LogP contribution in [0.5, 0.6) is 0 Å². The number of hydrogen-bond acceptors (Lipinski definition) is 2. The van der Waals surface area contributed by atoms with Gasteiger partial charge >= 0.3 is 0 Å². The summed E-state index contributed by atoms with van der Waals surface area (Å²) in [6.45, 7) is 9.75. The van der Waals surface area contributed by atoms with Crippen molar-refractivity contribution in [2.45, 2.75) is 44.6 Å². The highest BCUT2D eigenvalue weighted by Crippen LogP contribution is 2.47. The number of halogens is 1. The van der Waals surface area contributed by atoms with Gasteiger partial charge in [0.15, 0.2) is 0 Å². The molecule has 2 heterocycles. The molecule has 0 unspecified atom stereocenters. The molecule has 2 aliphatic heterocycles. The monoisotopic (exact) mass is 262 g/mol. The standard InChI is InChI=1S/C16H23FN2/c1-15(2,3)19-11-16(7-4-8-18-10-16)13-9-12(17)5-6-14(13)19/h5-6,9,18H,4,7-8,10-11H2,1-3H3/t16-/m0/s1. The van der Waals surface area contributed by atoms with Gasteiger partial charge in [0, 0.05) is 29.7 Å². The second-order valence-corrected chi connectivity index (χ2v) is 6.98. The number of benzene rings is 1. The number of piperidine rings is 1. The highest BCUT2D eigenvalue weighted by atomic mass is 19.1. The Morgan fingerprint density at radius 2 is 2.11 bits per heavy atom. The molecule has 3 heteroatoms. The van der Waals surface area contributed by atoms with Gasteiger partial charge in [0.05, 0.1) is 0 Å². The maximum absolute atomic E-state index is 13.7. The third kappa shape index (κ3) is 2.04. The van der Waals surface area contributed by atoms with Crippen LogP contribution >= 0.6 is 0 Å². The largest absolute Gasteiger partial charge is 0.366 e. The van der Waals surface area contributed by atoms with Crippen molar-refractivity contribution in [3.63, 3.8) is 0 Å². The average Bonchev–Trinajstić information content (AvgIpc) is 2.65. The van der Waals surface area contributed by atoms with E-state index >= 15 is 0 Å². The maximum atomic E-state index is 13.7. The predicted molar refractivity (Wildman–Crippen MR) is 77.3 cm³/mol. The molecule has 3 rings (SSSR count). The Labute approximate surface area is 115 Å². The zero-order chi connectivity index (χ0) is 13.7. The van der Waals surface area contributed by atoms with Crippen molar-refractivity contribution in [1.82, 2.24) is 5.32 Å². The van der Waals surface area contributed by atoms with Gasteiger partial charge in [0.1, 0.15) is 5.82 Å². The minimum absolute atomic E-state index is 0.0769. The molecule has 0 bridgehead atoms. The molecule has 0 saturated carbocycles. The fraction of sp³-hybridized carbons (Fsp3) is 0.625. The summed E-state index contributed by atoms with van der Waals surface area (Å²) in [5.41, 5.74) is 2.60. The molecule has 0 aliphatic carbocycles. The minimum Gasteiger partial charge on any atom is -0.366 e. The van der Waals surface area contributed by atoms with Crippen LogP contribution in [0.25, 0.3) is 0 Å². The molecule has 1 aromatic rings. The van der Waals surface area contributed by atoms with Crippen molar-refractivity contribution >= 4 is 5.69 Å². The maximum Gasteiger partial charge on any atom is 0.123 e. The smallest absolute Gasteiger partial charge is 0.123 e. The molecule has 1 saturated heterocycles. The van der Waals surface area contributed by atoms with E-state index in [-0.39, 0.29) is 16.8 Å². The van der Waals surface area contributed by atoms with Gasteiger partial charge in [0.2, 0.25) is 0 Å². The van der Waals surface area contributed by atoms with Crippen LogP contribution in [0.15, 0.2) is 18.2 Å². The number of nitrogens with one attached hydrogen (secondary N) is 1. The quantitative estimate of drug-likeness (QED) is 0.773. The number of hydrogen-bond donors (Lipinski definition) is 1. The van der Waals surface area contributed by atoms with E-state index in [0.29, 0.717) is 0 Å². The van der Waals surface area contributed by atoms with Gasteiger partial charge in [0.25, 0.3) is 0 Å². The van der Waals surface area contributed by atoms with Crippen molar-refractivity contribution in [1.29, 1.82) is 0 Å². The summed E-state index contributed by atoms with van der Waals surface area (Å²) in [5.74, 6) is -0.112. The van der Waals surface area contributed by atoms with Gasteiger partial charge in [-0.05, 0) is 63.9 Å². The fourth-order valence-corrected chi connectivity index (χ4v) is 3.57. The Morgan fingerprint density at radius 1 is 1.32 bits per heavy atom. The lowest BCUT2D eigenvalue weighted by Crippen LogP contribution is -2.50. The van der Waals surface area contributed by atoms with Crippen LogP contribution in [0.3, 0.4) is 0 Å². The van der Waals surface area contributed by atoms with Gasteiger partial charge in [-0.3, -0.25) is 0 Å². The summed E-state index contributed by atoms with van der Waals surface area (Å²) >= 11 is 0. The second-order valence-electron chi connectivity index (χ2n) is 6.98. The third-order valence-corrected chi connectivity index (χ3v) is 4.56. The minimum atomic E-state index is -0.112. The summed E-state index contributed by atoms with van der Waals surface area (Å²) in [4.78, 5) is 2.44. The Balaban J connectivity index is 2.10. The number of fused-ring (bicyclic) bond motifs is 2. The molecule has 104 valence electrons. The van der Waals surface area contributed by atoms with Crippen LogP contribution in [0, 0.1) is 5.82 Å². The van der Waals surface area contributed by atoms with E-state index in [1.807, 2.05) is 6.07 Å². The van der Waals surface area contributed by atoms with Crippen LogP contribution in [0.2, 0.25) is 0 Å². The zero-order valence-electron chi connectivity index (χ0n) is 12.1. The van der Waals surface area contributed by atoms with E-state index < -0.39 is 0 Å². The Bertz CT molecular complexity index is 484. The van der Waals surface area contributed by atoms with Crippen molar-refractivity contribution in [3.8, 4) is 0 Å². The summed E-state index contributed by atoms with van der Waals surface area (Å²) in [6.07, 6.45) is 2.33. The number of nitrogens with zero attached hydrogens (tertiary/aromatic N) is 1. The SMILES string of the molecule is CC(C)(C)N1C[C@@]2(CCCNC2)c2cc(F)ccc21. The summed E-state index contributed by atoms with van der Waals surface area (Å²) in [7, 11) is 0. The van der Waals surface area contributed by atoms with E-state index in [1.165, 1.54) is 17.7 Å². The number of anilines is 1. The lowest BCUT2D eigenvalue weighted by Gasteiger charge is -2.39. The molecule has 0 aromatic heterocycles. The first-order valence-corrected chi connectivity index (χ1v) is 7.21. The molecular weight excluding hydrogens is 239 g/mol. The molecule has 2 aliphatic rings. The van der Waals surface area contributed by atoms with Crippen molar-refractivity contribution in [3.05, 3.63) is 29.6 Å². The van der Waals surface area contributed by atoms with E-state index in [4.69, 9.17) is 0 Å². The van der Waals surface area contributed by atoms with Gasteiger partial charge in [-0.15, -0.1) is 0 Å². The highest BCUT2D eigenvalue weighted by Gasteiger charge is 2.46. The summed E-state index contributed by atoms with van der Waals surface area (Å²) < 4.78 is 13.7. The predicted octanol–water partition coefficient (Wildman–Crippen LogP) is 3.07. The van der Waals surface area contributed by atoms with E-state index in [1.54, 1.807) is 12.1 Å². The van der Waals surface area contributed by atoms with Crippen molar-refractivity contribution in [2.24, 2.45) is 0 Å². The van der Waals surface area contributed by atoms with Crippen LogP contribution in [0.1, 0.15) is 39.2 Å². The molecule has 1 N–H and O–H groups in total. The van der Waals surface area contributed by atoms with Crippen molar-refractivity contribution < 1.29 is 4.39 Å². The van der Waals surface area contributed by atoms with Crippen LogP contribution in [-0.2, 0) is 5.41 Å². The van der Waals surface area contributed by atoms with E-state index in [9.17, 15) is 4.39 Å². The third-order valence-electron chi connectivity index (χ3n) is 4.56. The molecule has 0 amide bonds. The topological polar surface area (TPSA) is 15.3 Å². The summed E-state index contributed by atoms with van der Waals surface area (Å²) in [6, 6.07) is 5.31. The molecule has 19 heavy (non-hydrogen) atoms. The van der Waals surface area contributed by atoms with Crippen LogP contribution in [-0.4, -0.2) is 25.2 Å². The average molecular weight is 262 g/mol.